The number of ether oxygens (including phenoxy) is 1. The van der Waals surface area contributed by atoms with Crippen LogP contribution < -0.4 is 16.0 Å². The molecule has 0 aromatic carbocycles. The van der Waals surface area contributed by atoms with Crippen LogP contribution in [0.25, 0.3) is 0 Å². The fraction of sp³-hybridized carbons (Fsp3) is 0.706. The van der Waals surface area contributed by atoms with Crippen LogP contribution in [0.3, 0.4) is 0 Å². The van der Waals surface area contributed by atoms with Gasteiger partial charge in [0.1, 0.15) is 18.1 Å². The van der Waals surface area contributed by atoms with E-state index in [9.17, 15) is 24.0 Å². The number of carbonyl (C=O) groups excluding carboxylic acids is 5. The van der Waals surface area contributed by atoms with Gasteiger partial charge in [-0.1, -0.05) is 19.8 Å². The Kier molecular flexibility index (Phi) is 6.75. The smallest absolute Gasteiger partial charge is 0.326 e. The Bertz CT molecular complexity index is 629. The highest BCUT2D eigenvalue weighted by Gasteiger charge is 2.52. The number of rotatable bonds is 8. The van der Waals surface area contributed by atoms with Gasteiger partial charge in [-0.15, -0.1) is 0 Å². The molecule has 1 saturated carbocycles. The van der Waals surface area contributed by atoms with E-state index in [1.807, 2.05) is 6.92 Å². The lowest BCUT2D eigenvalue weighted by Crippen LogP contribution is -2.46. The van der Waals surface area contributed by atoms with E-state index >= 15 is 0 Å². The van der Waals surface area contributed by atoms with Gasteiger partial charge in [0.25, 0.3) is 11.8 Å². The first-order chi connectivity index (χ1) is 12.8. The molecule has 1 aliphatic heterocycles. The van der Waals surface area contributed by atoms with Gasteiger partial charge in [0.05, 0.1) is 0 Å². The number of carbonyl (C=O) groups is 5. The first-order valence-electron chi connectivity index (χ1n) is 9.16. The van der Waals surface area contributed by atoms with Crippen molar-refractivity contribution in [2.24, 2.45) is 0 Å². The van der Waals surface area contributed by atoms with Crippen LogP contribution in [0.15, 0.2) is 0 Å². The molecule has 1 atom stereocenters. The van der Waals surface area contributed by atoms with E-state index in [-0.39, 0.29) is 5.91 Å². The number of urea groups is 1. The number of nitrogens with one attached hydrogen (secondary N) is 3. The van der Waals surface area contributed by atoms with Crippen molar-refractivity contribution in [1.82, 2.24) is 20.9 Å². The molecule has 0 bridgehead atoms. The van der Waals surface area contributed by atoms with E-state index in [1.54, 1.807) is 0 Å². The lowest BCUT2D eigenvalue weighted by molar-refractivity contribution is -0.151. The maximum absolute atomic E-state index is 12.4. The molecule has 1 saturated heterocycles. The highest BCUT2D eigenvalue weighted by atomic mass is 16.5. The fourth-order valence-electron chi connectivity index (χ4n) is 3.21. The maximum Gasteiger partial charge on any atom is 0.326 e. The normalized spacial score (nSPS) is 19.0. The third kappa shape index (κ3) is 4.95. The van der Waals surface area contributed by atoms with E-state index < -0.39 is 48.5 Å². The van der Waals surface area contributed by atoms with Gasteiger partial charge in [-0.3, -0.25) is 24.1 Å². The van der Waals surface area contributed by atoms with Crippen molar-refractivity contribution in [3.05, 3.63) is 0 Å². The third-order valence-corrected chi connectivity index (χ3v) is 4.67. The average Bonchev–Trinajstić information content (AvgIpc) is 3.18. The molecule has 3 N–H and O–H groups in total. The zero-order chi connectivity index (χ0) is 20.0. The van der Waals surface area contributed by atoms with Gasteiger partial charge in [-0.2, -0.15) is 0 Å². The molecule has 0 radical (unpaired) electrons. The fourth-order valence-corrected chi connectivity index (χ4v) is 3.21. The topological polar surface area (TPSA) is 134 Å². The summed E-state index contributed by atoms with van der Waals surface area (Å²) in [5.41, 5.74) is -0.893. The summed E-state index contributed by atoms with van der Waals surface area (Å²) < 4.78 is 4.82. The predicted molar refractivity (Wildman–Crippen MR) is 93.3 cm³/mol. The number of imide groups is 1. The van der Waals surface area contributed by atoms with E-state index in [0.29, 0.717) is 19.4 Å². The lowest BCUT2D eigenvalue weighted by atomic mass is 9.98. The average molecular weight is 382 g/mol. The van der Waals surface area contributed by atoms with Crippen LogP contribution in [-0.4, -0.2) is 65.9 Å². The molecule has 2 rings (SSSR count). The largest absolute Gasteiger partial charge is 0.454 e. The predicted octanol–water partition coefficient (Wildman–Crippen LogP) is -0.575. The summed E-state index contributed by atoms with van der Waals surface area (Å²) in [4.78, 5) is 60.6. The summed E-state index contributed by atoms with van der Waals surface area (Å²) in [6, 6.07) is -1.39. The minimum absolute atomic E-state index is 0.335. The van der Waals surface area contributed by atoms with E-state index in [0.717, 1.165) is 24.2 Å². The molecule has 0 aromatic rings. The van der Waals surface area contributed by atoms with Crippen molar-refractivity contribution < 1.29 is 28.7 Å². The van der Waals surface area contributed by atoms with Crippen molar-refractivity contribution >= 4 is 29.7 Å². The number of hydrogen-bond acceptors (Lipinski definition) is 6. The SMILES string of the molecule is CCCNC(=O)[C@@H](C)NC(=O)COC(=O)CN1C(=O)NC2(CCCC2)C1=O. The first kappa shape index (κ1) is 20.7. The highest BCUT2D eigenvalue weighted by molar-refractivity contribution is 6.08. The van der Waals surface area contributed by atoms with E-state index in [1.165, 1.54) is 6.92 Å². The van der Waals surface area contributed by atoms with Gasteiger partial charge < -0.3 is 20.7 Å². The third-order valence-electron chi connectivity index (χ3n) is 4.67. The second-order valence-electron chi connectivity index (χ2n) is 6.85. The highest BCUT2D eigenvalue weighted by Crippen LogP contribution is 2.34. The standard InChI is InChI=1S/C17H26N4O6/c1-3-8-18-14(24)11(2)19-12(22)10-27-13(23)9-21-15(25)17(20-16(21)26)6-4-5-7-17/h11H,3-10H2,1-2H3,(H,18,24)(H,19,22)(H,20,26)/t11-/m1/s1. The quantitative estimate of drug-likeness (QED) is 0.380. The number of amides is 5. The first-order valence-corrected chi connectivity index (χ1v) is 9.16. The van der Waals surface area contributed by atoms with Gasteiger partial charge in [-0.05, 0) is 26.2 Å². The molecular formula is C17H26N4O6. The Morgan fingerprint density at radius 2 is 1.93 bits per heavy atom. The summed E-state index contributed by atoms with van der Waals surface area (Å²) in [6.45, 7) is 2.77. The van der Waals surface area contributed by atoms with Crippen molar-refractivity contribution in [2.45, 2.75) is 57.5 Å². The van der Waals surface area contributed by atoms with Crippen LogP contribution in [-0.2, 0) is 23.9 Å². The molecule has 27 heavy (non-hydrogen) atoms. The monoisotopic (exact) mass is 382 g/mol. The minimum Gasteiger partial charge on any atom is -0.454 e. The molecule has 1 aliphatic carbocycles. The Morgan fingerprint density at radius 3 is 2.56 bits per heavy atom. The van der Waals surface area contributed by atoms with Crippen molar-refractivity contribution in [1.29, 1.82) is 0 Å². The maximum atomic E-state index is 12.4. The molecule has 1 spiro atoms. The second-order valence-corrected chi connectivity index (χ2v) is 6.85. The molecule has 1 heterocycles. The van der Waals surface area contributed by atoms with Crippen molar-refractivity contribution in [2.75, 3.05) is 19.7 Å². The Labute approximate surface area is 157 Å². The molecule has 0 unspecified atom stereocenters. The molecular weight excluding hydrogens is 356 g/mol. The number of hydrogen-bond donors (Lipinski definition) is 3. The van der Waals surface area contributed by atoms with Crippen molar-refractivity contribution in [3.8, 4) is 0 Å². The summed E-state index contributed by atoms with van der Waals surface area (Å²) >= 11 is 0. The van der Waals surface area contributed by atoms with E-state index in [2.05, 4.69) is 16.0 Å². The van der Waals surface area contributed by atoms with Gasteiger partial charge in [0.15, 0.2) is 6.61 Å². The van der Waals surface area contributed by atoms with Gasteiger partial charge >= 0.3 is 12.0 Å². The molecule has 5 amide bonds. The molecule has 0 aromatic heterocycles. The second kappa shape index (κ2) is 8.83. The Morgan fingerprint density at radius 1 is 1.26 bits per heavy atom. The zero-order valence-electron chi connectivity index (χ0n) is 15.6. The minimum atomic E-state index is -0.893. The van der Waals surface area contributed by atoms with E-state index in [4.69, 9.17) is 4.74 Å². The van der Waals surface area contributed by atoms with Gasteiger partial charge in [0, 0.05) is 6.54 Å². The van der Waals surface area contributed by atoms with Crippen LogP contribution in [0.4, 0.5) is 4.79 Å². The summed E-state index contributed by atoms with van der Waals surface area (Å²) in [5, 5.41) is 7.70. The lowest BCUT2D eigenvalue weighted by Gasteiger charge is -2.19. The van der Waals surface area contributed by atoms with Gasteiger partial charge in [0.2, 0.25) is 5.91 Å². The number of nitrogens with zero attached hydrogens (tertiary/aromatic N) is 1. The molecule has 150 valence electrons. The summed E-state index contributed by atoms with van der Waals surface area (Å²) in [6.07, 6.45) is 3.57. The Balaban J connectivity index is 1.76. The Hall–Kier alpha value is -2.65. The molecule has 2 fully saturated rings. The van der Waals surface area contributed by atoms with Crippen LogP contribution >= 0.6 is 0 Å². The van der Waals surface area contributed by atoms with Gasteiger partial charge in [-0.25, -0.2) is 4.79 Å². The number of esters is 1. The summed E-state index contributed by atoms with van der Waals surface area (Å²) in [7, 11) is 0. The van der Waals surface area contributed by atoms with Crippen LogP contribution in [0, 0.1) is 0 Å². The molecule has 10 nitrogen and oxygen atoms in total. The van der Waals surface area contributed by atoms with Crippen LogP contribution in [0.2, 0.25) is 0 Å². The zero-order valence-corrected chi connectivity index (χ0v) is 15.6. The van der Waals surface area contributed by atoms with Crippen LogP contribution in [0.1, 0.15) is 46.0 Å². The summed E-state index contributed by atoms with van der Waals surface area (Å²) in [5.74, 6) is -2.27. The molecule has 10 heteroatoms. The van der Waals surface area contributed by atoms with Crippen LogP contribution in [0.5, 0.6) is 0 Å². The molecule has 2 aliphatic rings. The van der Waals surface area contributed by atoms with Crippen molar-refractivity contribution in [3.63, 3.8) is 0 Å².